The zero-order valence-corrected chi connectivity index (χ0v) is 19.6. The van der Waals surface area contributed by atoms with Gasteiger partial charge in [-0.25, -0.2) is 9.97 Å². The van der Waals surface area contributed by atoms with E-state index in [9.17, 15) is 4.79 Å². The summed E-state index contributed by atoms with van der Waals surface area (Å²) in [5, 5.41) is 7.99. The molecule has 0 radical (unpaired) electrons. The van der Waals surface area contributed by atoms with E-state index >= 15 is 0 Å². The van der Waals surface area contributed by atoms with Crippen molar-refractivity contribution in [2.45, 2.75) is 13.0 Å². The van der Waals surface area contributed by atoms with E-state index in [1.165, 1.54) is 0 Å². The SMILES string of the molecule is Cc1ccc2[nH]ncc2c1-c1cc(-c2cccc(OC[C@@H](N)c3ccccc3)n2)nc(C(N)=O)c1N. The van der Waals surface area contributed by atoms with Gasteiger partial charge in [-0.05, 0) is 41.8 Å². The first kappa shape index (κ1) is 23.0. The van der Waals surface area contributed by atoms with Crippen LogP contribution in [0.2, 0.25) is 0 Å². The van der Waals surface area contributed by atoms with Gasteiger partial charge in [-0.3, -0.25) is 9.89 Å². The molecule has 0 saturated heterocycles. The highest BCUT2D eigenvalue weighted by Gasteiger charge is 2.20. The average Bonchev–Trinajstić information content (AvgIpc) is 3.37. The van der Waals surface area contributed by atoms with Gasteiger partial charge in [0.15, 0.2) is 5.69 Å². The lowest BCUT2D eigenvalue weighted by molar-refractivity contribution is 0.0996. The molecular weight excluding hydrogens is 454 g/mol. The molecule has 1 amide bonds. The number of carbonyl (C=O) groups is 1. The quantitative estimate of drug-likeness (QED) is 0.276. The molecule has 0 spiro atoms. The second-order valence-corrected chi connectivity index (χ2v) is 8.46. The van der Waals surface area contributed by atoms with E-state index in [4.69, 9.17) is 21.9 Å². The van der Waals surface area contributed by atoms with Crippen LogP contribution >= 0.6 is 0 Å². The first-order valence-electron chi connectivity index (χ1n) is 11.4. The third-order valence-corrected chi connectivity index (χ3v) is 6.02. The number of hydrogen-bond donors (Lipinski definition) is 4. The number of nitrogens with one attached hydrogen (secondary N) is 1. The van der Waals surface area contributed by atoms with Crippen LogP contribution in [0.15, 0.2) is 72.9 Å². The van der Waals surface area contributed by atoms with E-state index < -0.39 is 5.91 Å². The van der Waals surface area contributed by atoms with Gasteiger partial charge in [0.1, 0.15) is 6.61 Å². The molecule has 0 saturated carbocycles. The molecule has 5 aromatic rings. The number of benzene rings is 2. The Morgan fingerprint density at radius 1 is 1.03 bits per heavy atom. The summed E-state index contributed by atoms with van der Waals surface area (Å²) in [6, 6.07) is 20.4. The monoisotopic (exact) mass is 479 g/mol. The highest BCUT2D eigenvalue weighted by atomic mass is 16.5. The molecule has 9 heteroatoms. The fourth-order valence-corrected chi connectivity index (χ4v) is 4.17. The molecule has 3 heterocycles. The van der Waals surface area contributed by atoms with Crippen LogP contribution in [0, 0.1) is 6.92 Å². The molecule has 180 valence electrons. The van der Waals surface area contributed by atoms with Gasteiger partial charge in [0, 0.05) is 17.0 Å². The van der Waals surface area contributed by atoms with Crippen molar-refractivity contribution in [2.75, 3.05) is 12.3 Å². The van der Waals surface area contributed by atoms with Gasteiger partial charge in [0.25, 0.3) is 5.91 Å². The van der Waals surface area contributed by atoms with Crippen LogP contribution in [0.4, 0.5) is 5.69 Å². The van der Waals surface area contributed by atoms with Gasteiger partial charge in [-0.15, -0.1) is 0 Å². The third-order valence-electron chi connectivity index (χ3n) is 6.02. The number of carbonyl (C=O) groups excluding carboxylic acids is 1. The molecule has 1 atom stereocenters. The molecule has 3 aromatic heterocycles. The smallest absolute Gasteiger partial charge is 0.269 e. The van der Waals surface area contributed by atoms with Crippen LogP contribution in [-0.4, -0.2) is 32.7 Å². The van der Waals surface area contributed by atoms with Crippen molar-refractivity contribution in [3.05, 3.63) is 89.7 Å². The lowest BCUT2D eigenvalue weighted by Gasteiger charge is -2.15. The number of aromatic nitrogens is 4. The number of anilines is 1. The average molecular weight is 480 g/mol. The molecule has 0 bridgehead atoms. The number of pyridine rings is 2. The lowest BCUT2D eigenvalue weighted by atomic mass is 9.94. The minimum Gasteiger partial charge on any atom is -0.476 e. The molecule has 36 heavy (non-hydrogen) atoms. The van der Waals surface area contributed by atoms with E-state index in [0.717, 1.165) is 27.6 Å². The fourth-order valence-electron chi connectivity index (χ4n) is 4.17. The van der Waals surface area contributed by atoms with Crippen molar-refractivity contribution in [1.29, 1.82) is 0 Å². The Morgan fingerprint density at radius 3 is 2.61 bits per heavy atom. The number of aromatic amines is 1. The predicted octanol–water partition coefficient (Wildman–Crippen LogP) is 3.76. The first-order chi connectivity index (χ1) is 17.4. The van der Waals surface area contributed by atoms with Crippen LogP contribution in [0.3, 0.4) is 0 Å². The third kappa shape index (κ3) is 4.35. The van der Waals surface area contributed by atoms with Crippen molar-refractivity contribution in [3.8, 4) is 28.4 Å². The van der Waals surface area contributed by atoms with Gasteiger partial charge >= 0.3 is 0 Å². The van der Waals surface area contributed by atoms with Crippen molar-refractivity contribution < 1.29 is 9.53 Å². The van der Waals surface area contributed by atoms with Crippen molar-refractivity contribution in [3.63, 3.8) is 0 Å². The van der Waals surface area contributed by atoms with Gasteiger partial charge in [-0.2, -0.15) is 5.10 Å². The summed E-state index contributed by atoms with van der Waals surface area (Å²) < 4.78 is 5.87. The number of aryl methyl sites for hydroxylation is 1. The van der Waals surface area contributed by atoms with Crippen molar-refractivity contribution >= 4 is 22.5 Å². The molecule has 0 aliphatic heterocycles. The maximum absolute atomic E-state index is 12.3. The van der Waals surface area contributed by atoms with E-state index in [0.29, 0.717) is 22.8 Å². The first-order valence-corrected chi connectivity index (χ1v) is 11.4. The summed E-state index contributed by atoms with van der Waals surface area (Å²) in [4.78, 5) is 21.3. The van der Waals surface area contributed by atoms with Gasteiger partial charge in [0.2, 0.25) is 5.88 Å². The number of nitrogens with two attached hydrogens (primary N) is 3. The number of fused-ring (bicyclic) bond motifs is 1. The number of amides is 1. The second-order valence-electron chi connectivity index (χ2n) is 8.46. The molecule has 5 rings (SSSR count). The van der Waals surface area contributed by atoms with Crippen LogP contribution in [0.5, 0.6) is 5.88 Å². The number of nitrogens with zero attached hydrogens (tertiary/aromatic N) is 3. The topological polar surface area (TPSA) is 159 Å². The van der Waals surface area contributed by atoms with Crippen LogP contribution in [0.1, 0.15) is 27.7 Å². The Morgan fingerprint density at radius 2 is 1.83 bits per heavy atom. The summed E-state index contributed by atoms with van der Waals surface area (Å²) in [7, 11) is 0. The minimum absolute atomic E-state index is 0.0263. The number of H-pyrrole nitrogens is 1. The Bertz CT molecular complexity index is 1560. The number of primary amides is 1. The maximum atomic E-state index is 12.3. The molecular formula is C27H25N7O2. The largest absolute Gasteiger partial charge is 0.476 e. The molecule has 7 N–H and O–H groups in total. The number of ether oxygens (including phenoxy) is 1. The number of rotatable bonds is 7. The summed E-state index contributed by atoms with van der Waals surface area (Å²) in [6.45, 7) is 2.21. The number of hydrogen-bond acceptors (Lipinski definition) is 7. The highest BCUT2D eigenvalue weighted by molar-refractivity contribution is 6.05. The van der Waals surface area contributed by atoms with Crippen LogP contribution < -0.4 is 21.9 Å². The molecule has 0 aliphatic rings. The molecule has 9 nitrogen and oxygen atoms in total. The Labute approximate surface area is 207 Å². The molecule has 0 fully saturated rings. The van der Waals surface area contributed by atoms with Crippen LogP contribution in [0.25, 0.3) is 33.4 Å². The molecule has 0 unspecified atom stereocenters. The second kappa shape index (κ2) is 9.47. The lowest BCUT2D eigenvalue weighted by Crippen LogP contribution is -2.19. The van der Waals surface area contributed by atoms with E-state index in [1.807, 2.05) is 49.4 Å². The van der Waals surface area contributed by atoms with Gasteiger partial charge < -0.3 is 21.9 Å². The van der Waals surface area contributed by atoms with E-state index in [2.05, 4.69) is 20.2 Å². The summed E-state index contributed by atoms with van der Waals surface area (Å²) in [5.74, 6) is -0.346. The normalized spacial score (nSPS) is 11.9. The summed E-state index contributed by atoms with van der Waals surface area (Å²) in [6.07, 6.45) is 1.73. The zero-order valence-electron chi connectivity index (χ0n) is 19.6. The number of nitrogen functional groups attached to an aromatic ring is 1. The van der Waals surface area contributed by atoms with Crippen molar-refractivity contribution in [1.82, 2.24) is 20.2 Å². The van der Waals surface area contributed by atoms with E-state index in [-0.39, 0.29) is 24.0 Å². The maximum Gasteiger partial charge on any atom is 0.269 e. The zero-order chi connectivity index (χ0) is 25.2. The van der Waals surface area contributed by atoms with Crippen LogP contribution in [-0.2, 0) is 0 Å². The minimum atomic E-state index is -0.728. The molecule has 0 aliphatic carbocycles. The Kier molecular flexibility index (Phi) is 6.05. The Balaban J connectivity index is 1.54. The van der Waals surface area contributed by atoms with E-state index in [1.54, 1.807) is 30.5 Å². The molecule has 2 aromatic carbocycles. The fraction of sp³-hybridized carbons (Fsp3) is 0.111. The summed E-state index contributed by atoms with van der Waals surface area (Å²) >= 11 is 0. The standard InChI is InChI=1S/C27H25N7O2/c1-15-10-11-20-18(13-31-34-20)24(15)17-12-22(33-26(25(17)29)27(30)35)21-8-5-9-23(32-21)36-14-19(28)16-6-3-2-4-7-16/h2-13,19H,14,28-29H2,1H3,(H2,30,35)(H,31,34)/t19-/m1/s1. The summed E-state index contributed by atoms with van der Waals surface area (Å²) in [5.41, 5.74) is 23.7. The van der Waals surface area contributed by atoms with Crippen molar-refractivity contribution in [2.24, 2.45) is 11.5 Å². The predicted molar refractivity (Wildman–Crippen MR) is 139 cm³/mol. The Hall–Kier alpha value is -4.76. The highest BCUT2D eigenvalue weighted by Crippen LogP contribution is 2.37. The van der Waals surface area contributed by atoms with Gasteiger partial charge in [0.05, 0.1) is 34.8 Å². The van der Waals surface area contributed by atoms with Gasteiger partial charge in [-0.1, -0.05) is 42.5 Å².